The Hall–Kier alpha value is -1.83. The van der Waals surface area contributed by atoms with E-state index in [0.717, 1.165) is 42.2 Å². The number of halogens is 1. The zero-order valence-electron chi connectivity index (χ0n) is 12.2. The Bertz CT molecular complexity index is 586. The highest BCUT2D eigenvalue weighted by molar-refractivity contribution is 5.80. The quantitative estimate of drug-likeness (QED) is 0.565. The molecule has 0 atom stereocenters. The molecule has 2 rings (SSSR count). The van der Waals surface area contributed by atoms with Crippen molar-refractivity contribution in [2.24, 2.45) is 0 Å². The van der Waals surface area contributed by atoms with Gasteiger partial charge in [-0.05, 0) is 30.5 Å². The van der Waals surface area contributed by atoms with Crippen molar-refractivity contribution in [2.75, 3.05) is 0 Å². The Morgan fingerprint density at radius 1 is 1.20 bits per heavy atom. The van der Waals surface area contributed by atoms with Crippen molar-refractivity contribution < 1.29 is 8.81 Å². The van der Waals surface area contributed by atoms with Crippen LogP contribution in [0.3, 0.4) is 0 Å². The van der Waals surface area contributed by atoms with Gasteiger partial charge in [0, 0.05) is 11.5 Å². The maximum absolute atomic E-state index is 14.3. The normalized spacial score (nSPS) is 13.2. The smallest absolute Gasteiger partial charge is 0.134 e. The van der Waals surface area contributed by atoms with Crippen LogP contribution in [-0.2, 0) is 0 Å². The van der Waals surface area contributed by atoms with Gasteiger partial charge in [0.05, 0.1) is 0 Å². The minimum absolute atomic E-state index is 0.181. The van der Waals surface area contributed by atoms with Gasteiger partial charge in [-0.2, -0.15) is 0 Å². The lowest BCUT2D eigenvalue weighted by molar-refractivity contribution is 0.594. The number of hydrogen-bond acceptors (Lipinski definition) is 1. The predicted octanol–water partition coefficient (Wildman–Crippen LogP) is 6.27. The molecule has 1 heterocycles. The monoisotopic (exact) mass is 272 g/mol. The van der Waals surface area contributed by atoms with E-state index in [2.05, 4.69) is 13.8 Å². The summed E-state index contributed by atoms with van der Waals surface area (Å²) in [4.78, 5) is 0. The molecule has 2 heteroatoms. The molecule has 0 spiro atoms. The second-order valence-electron chi connectivity index (χ2n) is 4.95. The van der Waals surface area contributed by atoms with Gasteiger partial charge in [0.25, 0.3) is 0 Å². The van der Waals surface area contributed by atoms with E-state index in [1.165, 1.54) is 6.08 Å². The first-order valence-electron chi connectivity index (χ1n) is 7.29. The summed E-state index contributed by atoms with van der Waals surface area (Å²) >= 11 is 0. The van der Waals surface area contributed by atoms with Crippen LogP contribution in [0.5, 0.6) is 0 Å². The van der Waals surface area contributed by atoms with E-state index >= 15 is 0 Å². The molecule has 0 fully saturated rings. The number of rotatable bonds is 6. The Balaban J connectivity index is 2.26. The molecule has 2 aromatic rings. The molecular weight excluding hydrogens is 251 g/mol. The molecule has 0 aliphatic carbocycles. The highest BCUT2D eigenvalue weighted by atomic mass is 19.1. The van der Waals surface area contributed by atoms with Gasteiger partial charge in [-0.3, -0.25) is 0 Å². The molecule has 0 amide bonds. The maximum Gasteiger partial charge on any atom is 0.134 e. The lowest BCUT2D eigenvalue weighted by Crippen LogP contribution is -1.85. The van der Waals surface area contributed by atoms with Gasteiger partial charge < -0.3 is 4.42 Å². The summed E-state index contributed by atoms with van der Waals surface area (Å²) in [5, 5.41) is 1.00. The lowest BCUT2D eigenvalue weighted by atomic mass is 10.1. The standard InChI is InChI=1S/C18H21FO/c1-3-5-9-14(8-4-2)17(19)13-16-12-15-10-6-7-11-18(15)20-16/h6-7,9-13H,3-5,8H2,1-2H3/b14-9+,17-13-. The minimum atomic E-state index is -0.181. The third-order valence-corrected chi connectivity index (χ3v) is 3.22. The number of fused-ring (bicyclic) bond motifs is 1. The number of benzene rings is 1. The van der Waals surface area contributed by atoms with Crippen LogP contribution >= 0.6 is 0 Å². The third-order valence-electron chi connectivity index (χ3n) is 3.22. The van der Waals surface area contributed by atoms with Crippen LogP contribution in [0, 0.1) is 0 Å². The molecule has 0 N–H and O–H groups in total. The summed E-state index contributed by atoms with van der Waals surface area (Å²) in [6.45, 7) is 4.16. The molecule has 106 valence electrons. The SMILES string of the molecule is CCC/C=C(CCC)/C(F)=C/c1cc2ccccc2o1. The Kier molecular flexibility index (Phi) is 5.16. The van der Waals surface area contributed by atoms with Crippen molar-refractivity contribution >= 4 is 17.0 Å². The van der Waals surface area contributed by atoms with Crippen LogP contribution in [0.2, 0.25) is 0 Å². The molecule has 1 aromatic heterocycles. The average Bonchev–Trinajstić information content (AvgIpc) is 2.85. The highest BCUT2D eigenvalue weighted by Crippen LogP contribution is 2.25. The number of unbranched alkanes of at least 4 members (excludes halogenated alkanes) is 1. The Labute approximate surface area is 119 Å². The summed E-state index contributed by atoms with van der Waals surface area (Å²) in [6.07, 6.45) is 7.15. The van der Waals surface area contributed by atoms with Crippen LogP contribution in [0.1, 0.15) is 45.3 Å². The molecule has 1 nitrogen and oxygen atoms in total. The van der Waals surface area contributed by atoms with Crippen LogP contribution < -0.4 is 0 Å². The van der Waals surface area contributed by atoms with E-state index in [9.17, 15) is 4.39 Å². The van der Waals surface area contributed by atoms with E-state index < -0.39 is 0 Å². The minimum Gasteiger partial charge on any atom is -0.457 e. The number of para-hydroxylation sites is 1. The zero-order valence-corrected chi connectivity index (χ0v) is 12.2. The van der Waals surface area contributed by atoms with Crippen molar-refractivity contribution in [1.82, 2.24) is 0 Å². The van der Waals surface area contributed by atoms with Gasteiger partial charge in [0.15, 0.2) is 0 Å². The molecule has 0 bridgehead atoms. The summed E-state index contributed by atoms with van der Waals surface area (Å²) in [7, 11) is 0. The maximum atomic E-state index is 14.3. The molecule has 0 aliphatic heterocycles. The molecule has 0 radical (unpaired) electrons. The van der Waals surface area contributed by atoms with E-state index in [1.54, 1.807) is 0 Å². The number of allylic oxidation sites excluding steroid dienone is 3. The Morgan fingerprint density at radius 2 is 2.00 bits per heavy atom. The molecule has 0 saturated heterocycles. The fourth-order valence-electron chi connectivity index (χ4n) is 2.20. The Morgan fingerprint density at radius 3 is 2.70 bits per heavy atom. The van der Waals surface area contributed by atoms with E-state index in [-0.39, 0.29) is 5.83 Å². The first-order valence-corrected chi connectivity index (χ1v) is 7.29. The molecule has 0 aliphatic rings. The molecular formula is C18H21FO. The highest BCUT2D eigenvalue weighted by Gasteiger charge is 2.06. The number of hydrogen-bond donors (Lipinski definition) is 0. The third kappa shape index (κ3) is 3.60. The van der Waals surface area contributed by atoms with Crippen molar-refractivity contribution in [3.63, 3.8) is 0 Å². The van der Waals surface area contributed by atoms with Gasteiger partial charge in [-0.1, -0.05) is 51.0 Å². The second kappa shape index (κ2) is 7.09. The van der Waals surface area contributed by atoms with E-state index in [1.807, 2.05) is 36.4 Å². The fourth-order valence-corrected chi connectivity index (χ4v) is 2.20. The van der Waals surface area contributed by atoms with E-state index in [0.29, 0.717) is 5.76 Å². The van der Waals surface area contributed by atoms with Gasteiger partial charge in [-0.25, -0.2) is 4.39 Å². The van der Waals surface area contributed by atoms with Crippen molar-refractivity contribution in [1.29, 1.82) is 0 Å². The lowest BCUT2D eigenvalue weighted by Gasteiger charge is -2.03. The fraction of sp³-hybridized carbons (Fsp3) is 0.333. The van der Waals surface area contributed by atoms with Crippen molar-refractivity contribution in [2.45, 2.75) is 39.5 Å². The van der Waals surface area contributed by atoms with E-state index in [4.69, 9.17) is 4.42 Å². The first kappa shape index (κ1) is 14.6. The molecule has 0 saturated carbocycles. The predicted molar refractivity (Wildman–Crippen MR) is 83.2 cm³/mol. The van der Waals surface area contributed by atoms with Gasteiger partial charge in [0.2, 0.25) is 0 Å². The van der Waals surface area contributed by atoms with Gasteiger partial charge in [0.1, 0.15) is 17.2 Å². The topological polar surface area (TPSA) is 13.1 Å². The summed E-state index contributed by atoms with van der Waals surface area (Å²) < 4.78 is 20.0. The second-order valence-corrected chi connectivity index (χ2v) is 4.95. The summed E-state index contributed by atoms with van der Waals surface area (Å²) in [5.74, 6) is 0.390. The number of furan rings is 1. The van der Waals surface area contributed by atoms with Gasteiger partial charge in [-0.15, -0.1) is 0 Å². The van der Waals surface area contributed by atoms with Crippen LogP contribution in [-0.4, -0.2) is 0 Å². The van der Waals surface area contributed by atoms with Crippen molar-refractivity contribution in [3.05, 3.63) is 53.6 Å². The van der Waals surface area contributed by atoms with Crippen LogP contribution in [0.4, 0.5) is 4.39 Å². The average molecular weight is 272 g/mol. The van der Waals surface area contributed by atoms with Crippen molar-refractivity contribution in [3.8, 4) is 0 Å². The molecule has 0 unspecified atom stereocenters. The van der Waals surface area contributed by atoms with Crippen LogP contribution in [0.15, 0.2) is 52.2 Å². The van der Waals surface area contributed by atoms with Gasteiger partial charge >= 0.3 is 0 Å². The first-order chi connectivity index (χ1) is 9.74. The molecule has 1 aromatic carbocycles. The largest absolute Gasteiger partial charge is 0.457 e. The zero-order chi connectivity index (χ0) is 14.4. The summed E-state index contributed by atoms with van der Waals surface area (Å²) in [5.41, 5.74) is 1.58. The molecule has 20 heavy (non-hydrogen) atoms. The van der Waals surface area contributed by atoms with Crippen LogP contribution in [0.25, 0.3) is 17.0 Å². The summed E-state index contributed by atoms with van der Waals surface area (Å²) in [6, 6.07) is 9.60.